The van der Waals surface area contributed by atoms with Gasteiger partial charge >= 0.3 is 0 Å². The minimum absolute atomic E-state index is 0.000736. The lowest BCUT2D eigenvalue weighted by molar-refractivity contribution is -0.134. The van der Waals surface area contributed by atoms with Crippen molar-refractivity contribution in [3.63, 3.8) is 0 Å². The number of hydrogen-bond acceptors (Lipinski definition) is 4. The normalized spacial score (nSPS) is 25.1. The molecule has 1 aromatic rings. The standard InChI is InChI=1S/C24H32N4O4/c1-16(2)22(31)25-17-7-6-13-26(15-17)20(29)11-14-27-23(32)18-8-4-5-9-19(18)28-21(30)10-12-24(27,28)3/h4-5,8-9,16-17H,6-7,10-15H2,1-3H3,(H,25,31)/t17-,24-/m0/s1. The second-order valence-electron chi connectivity index (χ2n) is 9.51. The molecular weight excluding hydrogens is 408 g/mol. The van der Waals surface area contributed by atoms with Crippen LogP contribution in [-0.2, 0) is 14.4 Å². The number of carbonyl (C=O) groups is 4. The summed E-state index contributed by atoms with van der Waals surface area (Å²) < 4.78 is 0. The summed E-state index contributed by atoms with van der Waals surface area (Å²) in [5.74, 6) is -0.251. The average molecular weight is 441 g/mol. The maximum atomic E-state index is 13.3. The average Bonchev–Trinajstić information content (AvgIpc) is 3.08. The Labute approximate surface area is 188 Å². The second-order valence-corrected chi connectivity index (χ2v) is 9.51. The zero-order valence-electron chi connectivity index (χ0n) is 19.1. The molecule has 3 heterocycles. The molecule has 0 aromatic heterocycles. The number of fused-ring (bicyclic) bond motifs is 3. The zero-order valence-corrected chi connectivity index (χ0v) is 19.1. The topological polar surface area (TPSA) is 90.0 Å². The van der Waals surface area contributed by atoms with Crippen LogP contribution in [0.3, 0.4) is 0 Å². The van der Waals surface area contributed by atoms with E-state index in [1.54, 1.807) is 26.8 Å². The molecule has 4 amide bonds. The van der Waals surface area contributed by atoms with Crippen LogP contribution in [0.1, 0.15) is 63.2 Å². The van der Waals surface area contributed by atoms with Crippen LogP contribution >= 0.6 is 0 Å². The molecule has 0 radical (unpaired) electrons. The predicted octanol–water partition coefficient (Wildman–Crippen LogP) is 2.14. The Morgan fingerprint density at radius 3 is 2.72 bits per heavy atom. The Bertz CT molecular complexity index is 946. The van der Waals surface area contributed by atoms with Crippen LogP contribution in [-0.4, -0.2) is 64.8 Å². The highest BCUT2D eigenvalue weighted by Gasteiger charge is 2.52. The molecule has 32 heavy (non-hydrogen) atoms. The van der Waals surface area contributed by atoms with Gasteiger partial charge in [-0.15, -0.1) is 0 Å². The number of anilines is 1. The number of para-hydroxylation sites is 1. The van der Waals surface area contributed by atoms with Gasteiger partial charge in [-0.2, -0.15) is 0 Å². The number of benzene rings is 1. The molecule has 2 fully saturated rings. The third kappa shape index (κ3) is 3.87. The molecule has 0 spiro atoms. The van der Waals surface area contributed by atoms with Gasteiger partial charge in [0.1, 0.15) is 5.66 Å². The molecule has 0 aliphatic carbocycles. The molecule has 0 bridgehead atoms. The smallest absolute Gasteiger partial charge is 0.257 e. The summed E-state index contributed by atoms with van der Waals surface area (Å²) in [6.45, 7) is 7.03. The molecule has 2 atom stereocenters. The lowest BCUT2D eigenvalue weighted by atomic mass is 9.98. The molecular formula is C24H32N4O4. The van der Waals surface area contributed by atoms with Crippen LogP contribution in [0.2, 0.25) is 0 Å². The van der Waals surface area contributed by atoms with E-state index in [-0.39, 0.29) is 48.6 Å². The largest absolute Gasteiger partial charge is 0.351 e. The van der Waals surface area contributed by atoms with Crippen LogP contribution in [0.5, 0.6) is 0 Å². The van der Waals surface area contributed by atoms with Crippen molar-refractivity contribution >= 4 is 29.3 Å². The predicted molar refractivity (Wildman–Crippen MR) is 120 cm³/mol. The van der Waals surface area contributed by atoms with Gasteiger partial charge in [-0.25, -0.2) is 0 Å². The fraction of sp³-hybridized carbons (Fsp3) is 0.583. The summed E-state index contributed by atoms with van der Waals surface area (Å²) >= 11 is 0. The highest BCUT2D eigenvalue weighted by molar-refractivity contribution is 6.10. The van der Waals surface area contributed by atoms with Crippen molar-refractivity contribution in [2.75, 3.05) is 24.5 Å². The number of carbonyl (C=O) groups excluding carboxylic acids is 4. The van der Waals surface area contributed by atoms with Gasteiger partial charge in [0.25, 0.3) is 5.91 Å². The zero-order chi connectivity index (χ0) is 23.0. The summed E-state index contributed by atoms with van der Waals surface area (Å²) in [7, 11) is 0. The number of likely N-dealkylation sites (tertiary alicyclic amines) is 1. The lowest BCUT2D eigenvalue weighted by Crippen LogP contribution is -2.62. The van der Waals surface area contributed by atoms with Crippen molar-refractivity contribution in [2.24, 2.45) is 5.92 Å². The number of nitrogens with one attached hydrogen (secondary N) is 1. The first-order valence-corrected chi connectivity index (χ1v) is 11.5. The maximum Gasteiger partial charge on any atom is 0.257 e. The second kappa shape index (κ2) is 8.56. The molecule has 1 aromatic carbocycles. The molecule has 3 aliphatic rings. The van der Waals surface area contributed by atoms with Crippen molar-refractivity contribution in [1.82, 2.24) is 15.1 Å². The number of rotatable bonds is 5. The molecule has 172 valence electrons. The third-order valence-electron chi connectivity index (χ3n) is 6.94. The van der Waals surface area contributed by atoms with Crippen molar-refractivity contribution in [3.05, 3.63) is 29.8 Å². The monoisotopic (exact) mass is 440 g/mol. The first-order chi connectivity index (χ1) is 15.2. The quantitative estimate of drug-likeness (QED) is 0.760. The number of nitrogens with zero attached hydrogens (tertiary/aromatic N) is 3. The molecule has 3 aliphatic heterocycles. The Hall–Kier alpha value is -2.90. The summed E-state index contributed by atoms with van der Waals surface area (Å²) in [5, 5.41) is 3.03. The summed E-state index contributed by atoms with van der Waals surface area (Å²) in [6.07, 6.45) is 2.82. The van der Waals surface area contributed by atoms with Crippen molar-refractivity contribution in [2.45, 2.75) is 64.6 Å². The minimum atomic E-state index is -0.752. The van der Waals surface area contributed by atoms with Crippen molar-refractivity contribution in [1.29, 1.82) is 0 Å². The van der Waals surface area contributed by atoms with E-state index in [2.05, 4.69) is 5.32 Å². The fourth-order valence-electron chi connectivity index (χ4n) is 5.10. The van der Waals surface area contributed by atoms with Gasteiger partial charge in [0, 0.05) is 44.4 Å². The van der Waals surface area contributed by atoms with Gasteiger partial charge in [-0.05, 0) is 38.3 Å². The van der Waals surface area contributed by atoms with Gasteiger partial charge in [0.2, 0.25) is 17.7 Å². The van der Waals surface area contributed by atoms with E-state index in [9.17, 15) is 19.2 Å². The number of amides is 4. The molecule has 8 nitrogen and oxygen atoms in total. The Balaban J connectivity index is 1.45. The van der Waals surface area contributed by atoms with Crippen molar-refractivity contribution < 1.29 is 19.2 Å². The molecule has 2 saturated heterocycles. The molecule has 0 unspecified atom stereocenters. The van der Waals surface area contributed by atoms with Crippen LogP contribution < -0.4 is 10.2 Å². The molecule has 0 saturated carbocycles. The maximum absolute atomic E-state index is 13.3. The van der Waals surface area contributed by atoms with Gasteiger partial charge in [0.05, 0.1) is 11.3 Å². The van der Waals surface area contributed by atoms with Gasteiger partial charge in [-0.3, -0.25) is 24.1 Å². The summed E-state index contributed by atoms with van der Waals surface area (Å²) in [6, 6.07) is 7.15. The highest BCUT2D eigenvalue weighted by atomic mass is 16.2. The van der Waals surface area contributed by atoms with Crippen molar-refractivity contribution in [3.8, 4) is 0 Å². The molecule has 8 heteroatoms. The molecule has 1 N–H and O–H groups in total. The van der Waals surface area contributed by atoms with Crippen LogP contribution in [0.4, 0.5) is 5.69 Å². The van der Waals surface area contributed by atoms with Crippen LogP contribution in [0.15, 0.2) is 24.3 Å². The first-order valence-electron chi connectivity index (χ1n) is 11.5. The van der Waals surface area contributed by atoms with Crippen LogP contribution in [0, 0.1) is 5.92 Å². The Morgan fingerprint density at radius 1 is 1.22 bits per heavy atom. The van der Waals surface area contributed by atoms with Gasteiger partial charge in [0.15, 0.2) is 0 Å². The SMILES string of the molecule is CC(C)C(=O)N[C@H]1CCCN(C(=O)CCN2C(=O)c3ccccc3N3C(=O)CC[C@@]23C)C1. The van der Waals surface area contributed by atoms with Crippen LogP contribution in [0.25, 0.3) is 0 Å². The van der Waals surface area contributed by atoms with E-state index >= 15 is 0 Å². The third-order valence-corrected chi connectivity index (χ3v) is 6.94. The summed E-state index contributed by atoms with van der Waals surface area (Å²) in [5.41, 5.74) is 0.408. The van der Waals surface area contributed by atoms with E-state index in [1.165, 1.54) is 0 Å². The molecule has 4 rings (SSSR count). The number of piperidine rings is 1. The minimum Gasteiger partial charge on any atom is -0.351 e. The fourth-order valence-corrected chi connectivity index (χ4v) is 5.10. The highest BCUT2D eigenvalue weighted by Crippen LogP contribution is 2.44. The Morgan fingerprint density at radius 2 is 1.97 bits per heavy atom. The first kappa shape index (κ1) is 22.3. The Kier molecular flexibility index (Phi) is 5.97. The number of hydrogen-bond donors (Lipinski definition) is 1. The van der Waals surface area contributed by atoms with E-state index in [0.717, 1.165) is 12.8 Å². The van der Waals surface area contributed by atoms with Gasteiger partial charge in [-0.1, -0.05) is 26.0 Å². The summed E-state index contributed by atoms with van der Waals surface area (Å²) in [4.78, 5) is 56.2. The van der Waals surface area contributed by atoms with E-state index in [4.69, 9.17) is 0 Å². The van der Waals surface area contributed by atoms with Gasteiger partial charge < -0.3 is 15.1 Å². The van der Waals surface area contributed by atoms with E-state index in [1.807, 2.05) is 32.9 Å². The lowest BCUT2D eigenvalue weighted by Gasteiger charge is -2.48. The van der Waals surface area contributed by atoms with E-state index in [0.29, 0.717) is 37.2 Å². The van der Waals surface area contributed by atoms with E-state index < -0.39 is 5.66 Å².